The first-order valence-electron chi connectivity index (χ1n) is 9.53. The highest BCUT2D eigenvalue weighted by atomic mass is 79.9. The highest BCUT2D eigenvalue weighted by Gasteiger charge is 2.44. The van der Waals surface area contributed by atoms with Gasteiger partial charge in [-0.25, -0.2) is 0 Å². The van der Waals surface area contributed by atoms with E-state index in [0.717, 1.165) is 5.56 Å². The maximum atomic E-state index is 12.9. The molecule has 2 atom stereocenters. The molecular formula is C22H18BrN3O6S. The first-order chi connectivity index (χ1) is 15.8. The van der Waals surface area contributed by atoms with Gasteiger partial charge in [0.2, 0.25) is 5.91 Å². The molecule has 0 aromatic heterocycles. The average molecular weight is 532 g/mol. The summed E-state index contributed by atoms with van der Waals surface area (Å²) >= 11 is 4.60. The Morgan fingerprint density at radius 3 is 2.52 bits per heavy atom. The molecule has 1 aliphatic heterocycles. The number of methoxy groups -OCH3 is 2. The molecule has 1 aliphatic rings. The molecule has 33 heavy (non-hydrogen) atoms. The molecule has 1 N–H and O–H groups in total. The number of ether oxygens (including phenoxy) is 2. The van der Waals surface area contributed by atoms with Crippen molar-refractivity contribution >= 4 is 45.3 Å². The van der Waals surface area contributed by atoms with E-state index >= 15 is 0 Å². The zero-order chi connectivity index (χ0) is 24.1. The van der Waals surface area contributed by atoms with Crippen LogP contribution in [0.3, 0.4) is 0 Å². The maximum Gasteiger partial charge on any atom is 0.319 e. The molecule has 2 aromatic rings. The van der Waals surface area contributed by atoms with Crippen molar-refractivity contribution in [1.82, 2.24) is 5.32 Å². The second-order valence-electron chi connectivity index (χ2n) is 6.93. The van der Waals surface area contributed by atoms with Gasteiger partial charge in [-0.2, -0.15) is 5.26 Å². The smallest absolute Gasteiger partial charge is 0.319 e. The molecule has 0 saturated carbocycles. The van der Waals surface area contributed by atoms with Crippen molar-refractivity contribution in [2.24, 2.45) is 5.92 Å². The fraction of sp³-hybridized carbons (Fsp3) is 0.227. The Morgan fingerprint density at radius 1 is 1.27 bits per heavy atom. The summed E-state index contributed by atoms with van der Waals surface area (Å²) in [6.45, 7) is 0. The van der Waals surface area contributed by atoms with Crippen molar-refractivity contribution in [3.63, 3.8) is 0 Å². The number of hydrogen-bond donors (Lipinski definition) is 1. The molecule has 0 spiro atoms. The van der Waals surface area contributed by atoms with Crippen molar-refractivity contribution in [2.45, 2.75) is 11.7 Å². The number of nitrogens with one attached hydrogen (secondary N) is 1. The second kappa shape index (κ2) is 10.5. The number of nitrogens with zero attached hydrogens (tertiary/aromatic N) is 2. The van der Waals surface area contributed by atoms with Crippen LogP contribution in [0.2, 0.25) is 0 Å². The van der Waals surface area contributed by atoms with Crippen LogP contribution in [0.1, 0.15) is 17.0 Å². The number of carbonyl (C=O) groups excluding carboxylic acids is 2. The third-order valence-electron chi connectivity index (χ3n) is 5.05. The molecule has 170 valence electrons. The number of nitro groups is 1. The third kappa shape index (κ3) is 5.18. The van der Waals surface area contributed by atoms with Crippen LogP contribution in [-0.4, -0.2) is 31.0 Å². The van der Waals surface area contributed by atoms with E-state index in [-0.39, 0.29) is 11.3 Å². The molecule has 0 bridgehead atoms. The summed E-state index contributed by atoms with van der Waals surface area (Å²) in [7, 11) is 2.70. The number of thioether (sulfide) groups is 1. The normalized spacial score (nSPS) is 17.7. The molecule has 1 heterocycles. The fourth-order valence-corrected chi connectivity index (χ4v) is 4.99. The zero-order valence-electron chi connectivity index (χ0n) is 17.5. The molecule has 11 heteroatoms. The summed E-state index contributed by atoms with van der Waals surface area (Å²) < 4.78 is 10.7. The van der Waals surface area contributed by atoms with Gasteiger partial charge in [-0.15, -0.1) is 11.8 Å². The predicted molar refractivity (Wildman–Crippen MR) is 124 cm³/mol. The minimum Gasteiger partial charge on any atom is -0.496 e. The first-order valence-corrected chi connectivity index (χ1v) is 11.3. The lowest BCUT2D eigenvalue weighted by Gasteiger charge is -2.31. The number of nitriles is 1. The average Bonchev–Trinajstić information content (AvgIpc) is 2.81. The van der Waals surface area contributed by atoms with Crippen LogP contribution < -0.4 is 10.1 Å². The Morgan fingerprint density at radius 2 is 1.97 bits per heavy atom. The SMILES string of the molecule is COC(=O)[C@@H]1C(=O)NC(SCc2ccc([N+](=O)[O-])cc2)=C(C#N)[C@H]1c1ccc(OC)c(Br)c1. The van der Waals surface area contributed by atoms with Gasteiger partial charge in [0.25, 0.3) is 5.69 Å². The number of nitro benzene ring substituents is 1. The largest absolute Gasteiger partial charge is 0.496 e. The fourth-order valence-electron chi connectivity index (χ4n) is 3.43. The molecular weight excluding hydrogens is 514 g/mol. The number of rotatable bonds is 7. The van der Waals surface area contributed by atoms with Gasteiger partial charge in [0.1, 0.15) is 11.7 Å². The summed E-state index contributed by atoms with van der Waals surface area (Å²) in [5, 5.41) is 23.8. The second-order valence-corrected chi connectivity index (χ2v) is 8.77. The minimum atomic E-state index is -1.24. The molecule has 9 nitrogen and oxygen atoms in total. The van der Waals surface area contributed by atoms with Gasteiger partial charge in [-0.05, 0) is 39.2 Å². The van der Waals surface area contributed by atoms with E-state index in [4.69, 9.17) is 9.47 Å². The van der Waals surface area contributed by atoms with Gasteiger partial charge >= 0.3 is 5.97 Å². The van der Waals surface area contributed by atoms with Crippen molar-refractivity contribution < 1.29 is 24.0 Å². The van der Waals surface area contributed by atoms with Crippen LogP contribution in [-0.2, 0) is 20.1 Å². The number of amides is 1. The van der Waals surface area contributed by atoms with Crippen molar-refractivity contribution in [3.05, 3.63) is 78.8 Å². The Balaban J connectivity index is 2.00. The van der Waals surface area contributed by atoms with E-state index in [0.29, 0.717) is 26.6 Å². The van der Waals surface area contributed by atoms with Gasteiger partial charge < -0.3 is 14.8 Å². The quantitative estimate of drug-likeness (QED) is 0.245. The number of carbonyl (C=O) groups is 2. The molecule has 0 unspecified atom stereocenters. The Hall–Kier alpha value is -3.36. The van der Waals surface area contributed by atoms with Gasteiger partial charge in [0.05, 0.1) is 40.3 Å². The Labute approximate surface area is 202 Å². The van der Waals surface area contributed by atoms with Crippen LogP contribution in [0, 0.1) is 27.4 Å². The van der Waals surface area contributed by atoms with Crippen molar-refractivity contribution in [2.75, 3.05) is 14.2 Å². The van der Waals surface area contributed by atoms with Crippen LogP contribution in [0.25, 0.3) is 0 Å². The lowest BCUT2D eigenvalue weighted by Crippen LogP contribution is -2.44. The topological polar surface area (TPSA) is 132 Å². The van der Waals surface area contributed by atoms with Crippen molar-refractivity contribution in [3.8, 4) is 11.8 Å². The molecule has 0 radical (unpaired) electrons. The van der Waals surface area contributed by atoms with E-state index in [2.05, 4.69) is 27.3 Å². The number of allylic oxidation sites excluding steroid dienone is 1. The van der Waals surface area contributed by atoms with E-state index in [1.54, 1.807) is 30.3 Å². The maximum absolute atomic E-state index is 12.9. The Bertz CT molecular complexity index is 1180. The van der Waals surface area contributed by atoms with Crippen LogP contribution in [0.5, 0.6) is 5.75 Å². The van der Waals surface area contributed by atoms with Crippen LogP contribution >= 0.6 is 27.7 Å². The zero-order valence-corrected chi connectivity index (χ0v) is 19.9. The molecule has 0 fully saturated rings. The number of hydrogen-bond acceptors (Lipinski definition) is 8. The van der Waals surface area contributed by atoms with E-state index in [1.807, 2.05) is 0 Å². The van der Waals surface area contributed by atoms with Crippen LogP contribution in [0.4, 0.5) is 5.69 Å². The van der Waals surface area contributed by atoms with Crippen molar-refractivity contribution in [1.29, 1.82) is 5.26 Å². The first kappa shape index (κ1) is 24.3. The lowest BCUT2D eigenvalue weighted by molar-refractivity contribution is -0.384. The van der Waals surface area contributed by atoms with E-state index < -0.39 is 28.6 Å². The standard InChI is InChI=1S/C22H18BrN3O6S/c1-31-17-8-5-13(9-16(17)23)18-15(10-24)21(25-20(27)19(18)22(28)32-2)33-11-12-3-6-14(7-4-12)26(29)30/h3-9,18-19H,11H2,1-2H3,(H,25,27)/t18-,19+/m1/s1. The summed E-state index contributed by atoms with van der Waals surface area (Å²) in [5.41, 5.74) is 1.52. The van der Waals surface area contributed by atoms with E-state index in [1.165, 1.54) is 38.1 Å². The number of non-ortho nitro benzene ring substituents is 1. The highest BCUT2D eigenvalue weighted by Crippen LogP contribution is 2.42. The minimum absolute atomic E-state index is 0.0299. The van der Waals surface area contributed by atoms with Gasteiger partial charge in [-0.1, -0.05) is 18.2 Å². The summed E-state index contributed by atoms with van der Waals surface area (Å²) in [5.74, 6) is -2.53. The molecule has 3 rings (SSSR count). The molecule has 0 saturated heterocycles. The third-order valence-corrected chi connectivity index (χ3v) is 6.76. The van der Waals surface area contributed by atoms with E-state index in [9.17, 15) is 25.0 Å². The lowest BCUT2D eigenvalue weighted by atomic mass is 9.78. The molecule has 2 aromatic carbocycles. The number of halogens is 1. The Kier molecular flexibility index (Phi) is 7.73. The molecule has 1 amide bonds. The summed E-state index contributed by atoms with van der Waals surface area (Å²) in [6.07, 6.45) is 0. The number of benzene rings is 2. The highest BCUT2D eigenvalue weighted by molar-refractivity contribution is 9.10. The summed E-state index contributed by atoms with van der Waals surface area (Å²) in [6, 6.07) is 13.2. The molecule has 0 aliphatic carbocycles. The van der Waals surface area contributed by atoms with Crippen LogP contribution in [0.15, 0.2) is 57.5 Å². The van der Waals surface area contributed by atoms with Gasteiger partial charge in [0.15, 0.2) is 0 Å². The van der Waals surface area contributed by atoms with Gasteiger partial charge in [-0.3, -0.25) is 19.7 Å². The monoisotopic (exact) mass is 531 g/mol. The number of esters is 1. The van der Waals surface area contributed by atoms with Gasteiger partial charge in [0, 0.05) is 23.8 Å². The predicted octanol–water partition coefficient (Wildman–Crippen LogP) is 4.04. The summed E-state index contributed by atoms with van der Waals surface area (Å²) in [4.78, 5) is 35.8.